The molecule has 1 aromatic carbocycles. The van der Waals surface area contributed by atoms with Crippen LogP contribution in [0.4, 0.5) is 0 Å². The van der Waals surface area contributed by atoms with E-state index in [-0.39, 0.29) is 17.3 Å². The zero-order chi connectivity index (χ0) is 15.3. The van der Waals surface area contributed by atoms with Crippen LogP contribution in [-0.2, 0) is 26.0 Å². The first-order chi connectivity index (χ1) is 10.0. The molecule has 0 aromatic heterocycles. The number of ether oxygens (including phenoxy) is 1. The van der Waals surface area contributed by atoms with Crippen LogP contribution in [0.3, 0.4) is 0 Å². The number of methoxy groups -OCH3 is 1. The van der Waals surface area contributed by atoms with Gasteiger partial charge in [0.05, 0.1) is 18.4 Å². The summed E-state index contributed by atoms with van der Waals surface area (Å²) in [7, 11) is -2.13. The third-order valence-electron chi connectivity index (χ3n) is 3.59. The Kier molecular flexibility index (Phi) is 5.36. The molecular weight excluding hydrogens is 290 g/mol. The Labute approximate surface area is 125 Å². The average Bonchev–Trinajstić information content (AvgIpc) is 3.28. The number of carbonyl (C=O) groups is 1. The average molecular weight is 311 g/mol. The van der Waals surface area contributed by atoms with Gasteiger partial charge in [0, 0.05) is 6.54 Å². The summed E-state index contributed by atoms with van der Waals surface area (Å²) in [5, 5.41) is 0. The lowest BCUT2D eigenvalue weighted by Gasteiger charge is -2.07. The number of hydrogen-bond acceptors (Lipinski definition) is 4. The van der Waals surface area contributed by atoms with E-state index in [4.69, 9.17) is 0 Å². The van der Waals surface area contributed by atoms with Crippen molar-refractivity contribution in [2.75, 3.05) is 13.7 Å². The molecule has 1 fully saturated rings. The van der Waals surface area contributed by atoms with Crippen LogP contribution in [0.1, 0.15) is 31.2 Å². The van der Waals surface area contributed by atoms with Crippen molar-refractivity contribution in [2.24, 2.45) is 5.92 Å². The summed E-state index contributed by atoms with van der Waals surface area (Å²) < 4.78 is 31.3. The van der Waals surface area contributed by atoms with Gasteiger partial charge >= 0.3 is 5.97 Å². The Morgan fingerprint density at radius 1 is 1.29 bits per heavy atom. The fraction of sp³-hybridized carbons (Fsp3) is 0.533. The van der Waals surface area contributed by atoms with Crippen molar-refractivity contribution in [3.8, 4) is 0 Å². The van der Waals surface area contributed by atoms with Gasteiger partial charge in [-0.25, -0.2) is 13.1 Å². The third-order valence-corrected chi connectivity index (χ3v) is 5.06. The monoisotopic (exact) mass is 311 g/mol. The van der Waals surface area contributed by atoms with Crippen molar-refractivity contribution in [1.82, 2.24) is 4.72 Å². The van der Waals surface area contributed by atoms with Gasteiger partial charge in [0.2, 0.25) is 10.0 Å². The lowest BCUT2D eigenvalue weighted by molar-refractivity contribution is -0.139. The van der Waals surface area contributed by atoms with E-state index >= 15 is 0 Å². The van der Waals surface area contributed by atoms with Crippen LogP contribution in [0.5, 0.6) is 0 Å². The van der Waals surface area contributed by atoms with E-state index in [9.17, 15) is 13.2 Å². The molecule has 0 saturated heterocycles. The molecule has 6 heteroatoms. The highest BCUT2D eigenvalue weighted by Gasteiger charge is 2.20. The predicted molar refractivity (Wildman–Crippen MR) is 79.3 cm³/mol. The fourth-order valence-corrected chi connectivity index (χ4v) is 3.19. The van der Waals surface area contributed by atoms with Gasteiger partial charge in [0.25, 0.3) is 0 Å². The van der Waals surface area contributed by atoms with Gasteiger partial charge < -0.3 is 4.74 Å². The first-order valence-electron chi connectivity index (χ1n) is 7.16. The molecule has 0 radical (unpaired) electrons. The zero-order valence-electron chi connectivity index (χ0n) is 12.2. The van der Waals surface area contributed by atoms with Crippen LogP contribution in [0.15, 0.2) is 29.2 Å². The Morgan fingerprint density at radius 2 is 1.95 bits per heavy atom. The predicted octanol–water partition coefficient (Wildman–Crippen LogP) is 1.87. The van der Waals surface area contributed by atoms with Crippen molar-refractivity contribution in [3.63, 3.8) is 0 Å². The number of hydrogen-bond donors (Lipinski definition) is 1. The largest absolute Gasteiger partial charge is 0.469 e. The minimum Gasteiger partial charge on any atom is -0.469 e. The quantitative estimate of drug-likeness (QED) is 0.587. The maximum Gasteiger partial charge on any atom is 0.309 e. The van der Waals surface area contributed by atoms with Gasteiger partial charge in [-0.15, -0.1) is 0 Å². The number of carbonyl (C=O) groups excluding carboxylic acids is 1. The number of nitrogens with one attached hydrogen (secondary N) is 1. The van der Waals surface area contributed by atoms with Crippen molar-refractivity contribution >= 4 is 16.0 Å². The summed E-state index contributed by atoms with van der Waals surface area (Å²) in [6.45, 7) is 0.475. The van der Waals surface area contributed by atoms with Crippen LogP contribution < -0.4 is 4.72 Å². The second-order valence-electron chi connectivity index (χ2n) is 5.38. The summed E-state index contributed by atoms with van der Waals surface area (Å²) in [6, 6.07) is 6.30. The maximum absolute atomic E-state index is 12.1. The summed E-state index contributed by atoms with van der Waals surface area (Å²) in [5.41, 5.74) is 0.731. The lowest BCUT2D eigenvalue weighted by atomic mass is 10.2. The van der Waals surface area contributed by atoms with Gasteiger partial charge in [-0.05, 0) is 36.5 Å². The molecule has 1 aliphatic carbocycles. The normalized spacial score (nSPS) is 14.9. The summed E-state index contributed by atoms with van der Waals surface area (Å²) in [5.74, 6) is 0.468. The second kappa shape index (κ2) is 7.04. The van der Waals surface area contributed by atoms with Gasteiger partial charge in [-0.2, -0.15) is 0 Å². The Bertz CT molecular complexity index is 576. The highest BCUT2D eigenvalue weighted by molar-refractivity contribution is 7.89. The molecule has 1 aromatic rings. The molecule has 0 aliphatic heterocycles. The van der Waals surface area contributed by atoms with E-state index in [1.165, 1.54) is 32.1 Å². The molecule has 0 amide bonds. The minimum absolute atomic E-state index is 0.144. The van der Waals surface area contributed by atoms with Gasteiger partial charge in [0.15, 0.2) is 0 Å². The number of benzene rings is 1. The molecule has 1 aliphatic rings. The standard InChI is InChI=1S/C15H21NO4S/c1-20-15(17)11-13-6-8-14(9-7-13)21(18,19)16-10-2-3-12-4-5-12/h6-9,12,16H,2-5,10-11H2,1H3. The van der Waals surface area contributed by atoms with Crippen LogP contribution >= 0.6 is 0 Å². The van der Waals surface area contributed by atoms with E-state index in [0.29, 0.717) is 6.54 Å². The summed E-state index contributed by atoms with van der Waals surface area (Å²) in [4.78, 5) is 11.4. The molecule has 5 nitrogen and oxygen atoms in total. The Morgan fingerprint density at radius 3 is 2.52 bits per heavy atom. The van der Waals surface area contributed by atoms with Gasteiger partial charge in [0.1, 0.15) is 0 Å². The first-order valence-corrected chi connectivity index (χ1v) is 8.65. The third kappa shape index (κ3) is 5.13. The fourth-order valence-electron chi connectivity index (χ4n) is 2.11. The highest BCUT2D eigenvalue weighted by atomic mass is 32.2. The molecule has 0 heterocycles. The molecule has 0 spiro atoms. The maximum atomic E-state index is 12.1. The van der Waals surface area contributed by atoms with E-state index in [0.717, 1.165) is 24.3 Å². The van der Waals surface area contributed by atoms with E-state index in [1.807, 2.05) is 0 Å². The zero-order valence-corrected chi connectivity index (χ0v) is 13.0. The number of rotatable bonds is 8. The molecule has 1 N–H and O–H groups in total. The molecule has 2 rings (SSSR count). The minimum atomic E-state index is -3.45. The Balaban J connectivity index is 1.87. The topological polar surface area (TPSA) is 72.5 Å². The van der Waals surface area contributed by atoms with Crippen molar-refractivity contribution in [1.29, 1.82) is 0 Å². The molecule has 1 saturated carbocycles. The molecule has 0 unspecified atom stereocenters. The number of sulfonamides is 1. The van der Waals surface area contributed by atoms with Crippen LogP contribution in [0, 0.1) is 5.92 Å². The second-order valence-corrected chi connectivity index (χ2v) is 7.15. The Hall–Kier alpha value is -1.40. The smallest absolute Gasteiger partial charge is 0.309 e. The SMILES string of the molecule is COC(=O)Cc1ccc(S(=O)(=O)NCCCC2CC2)cc1. The molecule has 0 bridgehead atoms. The summed E-state index contributed by atoms with van der Waals surface area (Å²) in [6.07, 6.45) is 4.69. The van der Waals surface area contributed by atoms with Crippen LogP contribution in [-0.4, -0.2) is 28.0 Å². The number of esters is 1. The summed E-state index contributed by atoms with van der Waals surface area (Å²) >= 11 is 0. The van der Waals surface area contributed by atoms with Gasteiger partial charge in [-0.1, -0.05) is 25.0 Å². The van der Waals surface area contributed by atoms with Crippen LogP contribution in [0.2, 0.25) is 0 Å². The highest BCUT2D eigenvalue weighted by Crippen LogP contribution is 2.33. The van der Waals surface area contributed by atoms with E-state index in [1.54, 1.807) is 12.1 Å². The molecule has 21 heavy (non-hydrogen) atoms. The lowest BCUT2D eigenvalue weighted by Crippen LogP contribution is -2.24. The van der Waals surface area contributed by atoms with Gasteiger partial charge in [-0.3, -0.25) is 4.79 Å². The van der Waals surface area contributed by atoms with Crippen LogP contribution in [0.25, 0.3) is 0 Å². The van der Waals surface area contributed by atoms with Crippen molar-refractivity contribution in [2.45, 2.75) is 37.0 Å². The van der Waals surface area contributed by atoms with E-state index < -0.39 is 10.0 Å². The molecule has 116 valence electrons. The molecule has 0 atom stereocenters. The first kappa shape index (κ1) is 16.0. The van der Waals surface area contributed by atoms with Crippen molar-refractivity contribution < 1.29 is 17.9 Å². The van der Waals surface area contributed by atoms with Crippen molar-refractivity contribution in [3.05, 3.63) is 29.8 Å². The van der Waals surface area contributed by atoms with E-state index in [2.05, 4.69) is 9.46 Å². The molecular formula is C15H21NO4S.